The van der Waals surface area contributed by atoms with Gasteiger partial charge < -0.3 is 20.1 Å². The van der Waals surface area contributed by atoms with Gasteiger partial charge in [0.15, 0.2) is 0 Å². The summed E-state index contributed by atoms with van der Waals surface area (Å²) in [5.41, 5.74) is 1.99. The quantitative estimate of drug-likeness (QED) is 0.573. The van der Waals surface area contributed by atoms with Crippen LogP contribution >= 0.6 is 0 Å². The zero-order chi connectivity index (χ0) is 19.6. The largest absolute Gasteiger partial charge is 0.497 e. The number of hydrogen-bond donors (Lipinski definition) is 2. The lowest BCUT2D eigenvalue weighted by Gasteiger charge is -2.09. The molecular weight excluding hydrogens is 352 g/mol. The molecule has 0 aliphatic heterocycles. The van der Waals surface area contributed by atoms with E-state index in [9.17, 15) is 4.79 Å². The second-order valence-corrected chi connectivity index (χ2v) is 6.24. The van der Waals surface area contributed by atoms with Gasteiger partial charge in [-0.15, -0.1) is 0 Å². The average molecular weight is 376 g/mol. The molecule has 2 N–H and O–H groups in total. The summed E-state index contributed by atoms with van der Waals surface area (Å²) >= 11 is 0. The predicted octanol–water partition coefficient (Wildman–Crippen LogP) is 4.61. The maximum Gasteiger partial charge on any atom is 0.222 e. The van der Waals surface area contributed by atoms with E-state index >= 15 is 0 Å². The first-order valence-electron chi connectivity index (χ1n) is 9.19. The molecular formula is C23H24N2O3. The van der Waals surface area contributed by atoms with Gasteiger partial charge in [0.25, 0.3) is 0 Å². The van der Waals surface area contributed by atoms with Crippen molar-refractivity contribution in [3.05, 3.63) is 84.4 Å². The molecule has 5 nitrogen and oxygen atoms in total. The first-order valence-corrected chi connectivity index (χ1v) is 9.19. The molecule has 0 fully saturated rings. The summed E-state index contributed by atoms with van der Waals surface area (Å²) in [5, 5.41) is 6.17. The molecule has 0 radical (unpaired) electrons. The SMILES string of the molecule is COc1ccc(CNC(=O)CCNc2ccc(Oc3ccccc3)cc2)cc1. The Bertz CT molecular complexity index is 863. The number of carbonyl (C=O) groups excluding carboxylic acids is 1. The normalized spacial score (nSPS) is 10.2. The van der Waals surface area contributed by atoms with Gasteiger partial charge >= 0.3 is 0 Å². The molecule has 144 valence electrons. The van der Waals surface area contributed by atoms with Crippen LogP contribution in [-0.2, 0) is 11.3 Å². The molecule has 5 heteroatoms. The average Bonchev–Trinajstić information content (AvgIpc) is 2.74. The standard InChI is InChI=1S/C23H24N2O3/c1-27-20-11-7-18(8-12-20)17-25-23(26)15-16-24-19-9-13-22(14-10-19)28-21-5-3-2-4-6-21/h2-14,24H,15-17H2,1H3,(H,25,26). The maximum atomic E-state index is 12.0. The number of ether oxygens (including phenoxy) is 2. The Kier molecular flexibility index (Phi) is 6.90. The van der Waals surface area contributed by atoms with Crippen molar-refractivity contribution in [1.29, 1.82) is 0 Å². The summed E-state index contributed by atoms with van der Waals surface area (Å²) in [4.78, 5) is 12.0. The van der Waals surface area contributed by atoms with E-state index in [0.29, 0.717) is 19.5 Å². The van der Waals surface area contributed by atoms with E-state index in [0.717, 1.165) is 28.5 Å². The highest BCUT2D eigenvalue weighted by atomic mass is 16.5. The summed E-state index contributed by atoms with van der Waals surface area (Å²) in [5.74, 6) is 2.39. The van der Waals surface area contributed by atoms with Crippen LogP contribution < -0.4 is 20.1 Å². The van der Waals surface area contributed by atoms with E-state index in [1.54, 1.807) is 7.11 Å². The van der Waals surface area contributed by atoms with E-state index in [1.807, 2.05) is 78.9 Å². The van der Waals surface area contributed by atoms with E-state index in [1.165, 1.54) is 0 Å². The Balaban J connectivity index is 1.37. The Morgan fingerprint density at radius 1 is 0.821 bits per heavy atom. The van der Waals surface area contributed by atoms with E-state index in [-0.39, 0.29) is 5.91 Å². The number of rotatable bonds is 9. The predicted molar refractivity (Wildman–Crippen MR) is 111 cm³/mol. The van der Waals surface area contributed by atoms with Crippen LogP contribution in [-0.4, -0.2) is 19.6 Å². The third kappa shape index (κ3) is 6.06. The lowest BCUT2D eigenvalue weighted by molar-refractivity contribution is -0.121. The Labute approximate surface area is 165 Å². The Morgan fingerprint density at radius 2 is 1.46 bits per heavy atom. The minimum Gasteiger partial charge on any atom is -0.497 e. The van der Waals surface area contributed by atoms with Gasteiger partial charge in [0.1, 0.15) is 17.2 Å². The summed E-state index contributed by atoms with van der Waals surface area (Å²) in [6.45, 7) is 1.07. The van der Waals surface area contributed by atoms with Crippen molar-refractivity contribution in [1.82, 2.24) is 5.32 Å². The topological polar surface area (TPSA) is 59.6 Å². The molecule has 0 atom stereocenters. The monoisotopic (exact) mass is 376 g/mol. The highest BCUT2D eigenvalue weighted by Crippen LogP contribution is 2.22. The molecule has 0 unspecified atom stereocenters. The molecule has 0 spiro atoms. The number of hydrogen-bond acceptors (Lipinski definition) is 4. The van der Waals surface area contributed by atoms with E-state index in [2.05, 4.69) is 10.6 Å². The second kappa shape index (κ2) is 10.0. The highest BCUT2D eigenvalue weighted by molar-refractivity contribution is 5.76. The molecule has 3 rings (SSSR count). The zero-order valence-corrected chi connectivity index (χ0v) is 15.9. The molecule has 0 bridgehead atoms. The lowest BCUT2D eigenvalue weighted by atomic mass is 10.2. The molecule has 0 aliphatic rings. The fourth-order valence-electron chi connectivity index (χ4n) is 2.62. The van der Waals surface area contributed by atoms with Crippen molar-refractivity contribution < 1.29 is 14.3 Å². The molecule has 1 amide bonds. The molecule has 0 aliphatic carbocycles. The van der Waals surface area contributed by atoms with Gasteiger partial charge in [-0.25, -0.2) is 0 Å². The van der Waals surface area contributed by atoms with Crippen LogP contribution in [0, 0.1) is 0 Å². The van der Waals surface area contributed by atoms with Gasteiger partial charge in [0, 0.05) is 25.2 Å². The summed E-state index contributed by atoms with van der Waals surface area (Å²) in [7, 11) is 1.63. The van der Waals surface area contributed by atoms with Crippen molar-refractivity contribution >= 4 is 11.6 Å². The van der Waals surface area contributed by atoms with Crippen LogP contribution in [0.4, 0.5) is 5.69 Å². The molecule has 0 saturated carbocycles. The third-order valence-electron chi connectivity index (χ3n) is 4.16. The molecule has 0 aromatic heterocycles. The van der Waals surface area contributed by atoms with Crippen LogP contribution in [0.2, 0.25) is 0 Å². The number of benzene rings is 3. The second-order valence-electron chi connectivity index (χ2n) is 6.24. The Morgan fingerprint density at radius 3 is 2.14 bits per heavy atom. The smallest absolute Gasteiger partial charge is 0.222 e. The third-order valence-corrected chi connectivity index (χ3v) is 4.16. The molecule has 3 aromatic carbocycles. The lowest BCUT2D eigenvalue weighted by Crippen LogP contribution is -2.24. The number of carbonyl (C=O) groups is 1. The van der Waals surface area contributed by atoms with Gasteiger partial charge in [0.05, 0.1) is 7.11 Å². The van der Waals surface area contributed by atoms with Crippen molar-refractivity contribution in [2.24, 2.45) is 0 Å². The van der Waals surface area contributed by atoms with Crippen molar-refractivity contribution in [2.75, 3.05) is 19.0 Å². The molecule has 28 heavy (non-hydrogen) atoms. The maximum absolute atomic E-state index is 12.0. The summed E-state index contributed by atoms with van der Waals surface area (Å²) < 4.78 is 10.9. The van der Waals surface area contributed by atoms with Crippen molar-refractivity contribution in [2.45, 2.75) is 13.0 Å². The fraction of sp³-hybridized carbons (Fsp3) is 0.174. The highest BCUT2D eigenvalue weighted by Gasteiger charge is 2.02. The van der Waals surface area contributed by atoms with E-state index in [4.69, 9.17) is 9.47 Å². The van der Waals surface area contributed by atoms with Gasteiger partial charge in [-0.3, -0.25) is 4.79 Å². The van der Waals surface area contributed by atoms with Crippen LogP contribution in [0.3, 0.4) is 0 Å². The summed E-state index contributed by atoms with van der Waals surface area (Å²) in [6, 6.07) is 25.0. The summed E-state index contributed by atoms with van der Waals surface area (Å²) in [6.07, 6.45) is 0.401. The van der Waals surface area contributed by atoms with Gasteiger partial charge in [-0.2, -0.15) is 0 Å². The zero-order valence-electron chi connectivity index (χ0n) is 15.9. The number of nitrogens with one attached hydrogen (secondary N) is 2. The molecule has 3 aromatic rings. The van der Waals surface area contributed by atoms with Crippen molar-refractivity contribution in [3.63, 3.8) is 0 Å². The first kappa shape index (κ1) is 19.3. The van der Waals surface area contributed by atoms with Gasteiger partial charge in [-0.1, -0.05) is 30.3 Å². The first-order chi connectivity index (χ1) is 13.7. The van der Waals surface area contributed by atoms with Crippen LogP contribution in [0.25, 0.3) is 0 Å². The van der Waals surface area contributed by atoms with Crippen LogP contribution in [0.5, 0.6) is 17.2 Å². The number of anilines is 1. The van der Waals surface area contributed by atoms with Crippen molar-refractivity contribution in [3.8, 4) is 17.2 Å². The molecule has 0 heterocycles. The Hall–Kier alpha value is -3.47. The fourth-order valence-corrected chi connectivity index (χ4v) is 2.62. The van der Waals surface area contributed by atoms with Gasteiger partial charge in [0.2, 0.25) is 5.91 Å². The minimum atomic E-state index is 0.00680. The van der Waals surface area contributed by atoms with Crippen LogP contribution in [0.15, 0.2) is 78.9 Å². The van der Waals surface area contributed by atoms with Crippen LogP contribution in [0.1, 0.15) is 12.0 Å². The minimum absolute atomic E-state index is 0.00680. The molecule has 0 saturated heterocycles. The van der Waals surface area contributed by atoms with Gasteiger partial charge in [-0.05, 0) is 54.1 Å². The number of amides is 1. The van der Waals surface area contributed by atoms with E-state index < -0.39 is 0 Å². The number of para-hydroxylation sites is 1. The number of methoxy groups -OCH3 is 1.